The van der Waals surface area contributed by atoms with Crippen LogP contribution in [-0.4, -0.2) is 17.0 Å². The fourth-order valence-corrected chi connectivity index (χ4v) is 5.98. The molecular weight excluding hydrogens is 294 g/mol. The summed E-state index contributed by atoms with van der Waals surface area (Å²) in [6.45, 7) is 2.27. The minimum Gasteiger partial charge on any atom is -0.307 e. The van der Waals surface area contributed by atoms with Crippen molar-refractivity contribution in [1.29, 1.82) is 0 Å². The quantitative estimate of drug-likeness (QED) is 0.835. The van der Waals surface area contributed by atoms with Gasteiger partial charge in [0.15, 0.2) is 0 Å². The van der Waals surface area contributed by atoms with Crippen LogP contribution in [0.15, 0.2) is 6.07 Å². The molecule has 0 aliphatic heterocycles. The van der Waals surface area contributed by atoms with Gasteiger partial charge in [0.2, 0.25) is 0 Å². The highest BCUT2D eigenvalue weighted by molar-refractivity contribution is 7.99. The molecule has 3 atom stereocenters. The van der Waals surface area contributed by atoms with Crippen LogP contribution < -0.4 is 5.32 Å². The van der Waals surface area contributed by atoms with Gasteiger partial charge in [-0.1, -0.05) is 18.5 Å². The Morgan fingerprint density at radius 3 is 3.16 bits per heavy atom. The molecule has 2 aliphatic carbocycles. The van der Waals surface area contributed by atoms with Crippen LogP contribution >= 0.6 is 34.7 Å². The largest absolute Gasteiger partial charge is 0.307 e. The Balaban J connectivity index is 1.62. The summed E-state index contributed by atoms with van der Waals surface area (Å²) in [7, 11) is 0. The number of rotatable bonds is 4. The lowest BCUT2D eigenvalue weighted by Gasteiger charge is -2.27. The third-order valence-corrected chi connectivity index (χ3v) is 6.88. The molecule has 3 unspecified atom stereocenters. The first kappa shape index (κ1) is 14.2. The Labute approximate surface area is 129 Å². The van der Waals surface area contributed by atoms with E-state index >= 15 is 0 Å². The van der Waals surface area contributed by atoms with Crippen LogP contribution in [0.2, 0.25) is 4.34 Å². The highest BCUT2D eigenvalue weighted by Gasteiger charge is 2.29. The van der Waals surface area contributed by atoms with Gasteiger partial charge in [-0.15, -0.1) is 11.3 Å². The Morgan fingerprint density at radius 1 is 1.42 bits per heavy atom. The minimum absolute atomic E-state index is 0.558. The standard InChI is InChI=1S/C15H22ClNS2/c1-2-18-11-7-6-10(8-11)17-13-4-3-5-14-12(13)9-15(16)19-14/h9-11,13,17H,2-8H2,1H3. The van der Waals surface area contributed by atoms with E-state index in [2.05, 4.69) is 30.1 Å². The molecule has 0 bridgehead atoms. The van der Waals surface area contributed by atoms with Crippen molar-refractivity contribution in [3.63, 3.8) is 0 Å². The number of thioether (sulfide) groups is 1. The molecule has 1 nitrogen and oxygen atoms in total. The zero-order chi connectivity index (χ0) is 13.2. The minimum atomic E-state index is 0.558. The second kappa shape index (κ2) is 6.38. The first-order chi connectivity index (χ1) is 9.26. The van der Waals surface area contributed by atoms with Crippen molar-refractivity contribution in [1.82, 2.24) is 5.32 Å². The molecule has 0 saturated heterocycles. The van der Waals surface area contributed by atoms with Gasteiger partial charge >= 0.3 is 0 Å². The van der Waals surface area contributed by atoms with Crippen molar-refractivity contribution in [2.75, 3.05) is 5.75 Å². The van der Waals surface area contributed by atoms with Gasteiger partial charge in [0.25, 0.3) is 0 Å². The Hall–Kier alpha value is 0.300. The molecule has 2 aliphatic rings. The van der Waals surface area contributed by atoms with E-state index in [4.69, 9.17) is 11.6 Å². The summed E-state index contributed by atoms with van der Waals surface area (Å²) in [5.74, 6) is 1.26. The third kappa shape index (κ3) is 3.31. The molecule has 1 fully saturated rings. The van der Waals surface area contributed by atoms with E-state index in [1.54, 1.807) is 11.3 Å². The van der Waals surface area contributed by atoms with E-state index in [1.807, 2.05) is 0 Å². The Bertz CT molecular complexity index is 432. The van der Waals surface area contributed by atoms with E-state index in [0.29, 0.717) is 6.04 Å². The van der Waals surface area contributed by atoms with Crippen LogP contribution in [0.1, 0.15) is 55.5 Å². The van der Waals surface area contributed by atoms with Crippen molar-refractivity contribution in [3.8, 4) is 0 Å². The lowest BCUT2D eigenvalue weighted by molar-refractivity contribution is 0.400. The van der Waals surface area contributed by atoms with Gasteiger partial charge in [0.05, 0.1) is 4.34 Å². The molecule has 1 heterocycles. The van der Waals surface area contributed by atoms with E-state index < -0.39 is 0 Å². The molecule has 0 amide bonds. The van der Waals surface area contributed by atoms with Crippen molar-refractivity contribution >= 4 is 34.7 Å². The van der Waals surface area contributed by atoms with E-state index in [0.717, 1.165) is 15.6 Å². The molecule has 0 radical (unpaired) electrons. The third-order valence-electron chi connectivity index (χ3n) is 4.31. The zero-order valence-corrected chi connectivity index (χ0v) is 13.8. The highest BCUT2D eigenvalue weighted by Crippen LogP contribution is 2.39. The molecule has 1 aromatic rings. The smallest absolute Gasteiger partial charge is 0.0934 e. The van der Waals surface area contributed by atoms with Gasteiger partial charge in [-0.3, -0.25) is 0 Å². The summed E-state index contributed by atoms with van der Waals surface area (Å²) in [5, 5.41) is 4.80. The van der Waals surface area contributed by atoms with Gasteiger partial charge in [0.1, 0.15) is 0 Å². The second-order valence-corrected chi connectivity index (χ2v) is 8.97. The number of fused-ring (bicyclic) bond motifs is 1. The van der Waals surface area contributed by atoms with Gasteiger partial charge < -0.3 is 5.32 Å². The predicted octanol–water partition coefficient (Wildman–Crippen LogP) is 5.04. The maximum atomic E-state index is 6.18. The SMILES string of the molecule is CCSC1CCC(NC2CCCc3sc(Cl)cc32)C1. The van der Waals surface area contributed by atoms with Crippen LogP contribution in [0, 0.1) is 0 Å². The highest BCUT2D eigenvalue weighted by atomic mass is 35.5. The number of thiophene rings is 1. The summed E-state index contributed by atoms with van der Waals surface area (Å²) < 4.78 is 0.963. The van der Waals surface area contributed by atoms with Gasteiger partial charge in [-0.2, -0.15) is 11.8 Å². The van der Waals surface area contributed by atoms with Crippen molar-refractivity contribution in [2.24, 2.45) is 0 Å². The van der Waals surface area contributed by atoms with Crippen molar-refractivity contribution in [3.05, 3.63) is 20.8 Å². The molecule has 0 spiro atoms. The molecule has 1 aromatic heterocycles. The maximum absolute atomic E-state index is 6.18. The normalized spacial score (nSPS) is 30.5. The molecule has 1 N–H and O–H groups in total. The van der Waals surface area contributed by atoms with Crippen LogP contribution in [0.25, 0.3) is 0 Å². The summed E-state index contributed by atoms with van der Waals surface area (Å²) in [6, 6.07) is 3.48. The van der Waals surface area contributed by atoms with Crippen molar-refractivity contribution < 1.29 is 0 Å². The number of hydrogen-bond acceptors (Lipinski definition) is 3. The van der Waals surface area contributed by atoms with E-state index in [-0.39, 0.29) is 0 Å². The summed E-state index contributed by atoms with van der Waals surface area (Å²) in [6.07, 6.45) is 7.90. The fraction of sp³-hybridized carbons (Fsp3) is 0.733. The van der Waals surface area contributed by atoms with E-state index in [9.17, 15) is 0 Å². The summed E-state index contributed by atoms with van der Waals surface area (Å²) in [5.41, 5.74) is 1.49. The van der Waals surface area contributed by atoms with Gasteiger partial charge in [-0.05, 0) is 55.9 Å². The maximum Gasteiger partial charge on any atom is 0.0934 e. The second-order valence-electron chi connectivity index (χ2n) is 5.63. The predicted molar refractivity (Wildman–Crippen MR) is 87.7 cm³/mol. The molecule has 1 saturated carbocycles. The number of hydrogen-bond donors (Lipinski definition) is 1. The monoisotopic (exact) mass is 315 g/mol. The summed E-state index contributed by atoms with van der Waals surface area (Å²) in [4.78, 5) is 1.52. The molecule has 106 valence electrons. The van der Waals surface area contributed by atoms with Crippen LogP contribution in [-0.2, 0) is 6.42 Å². The molecule has 3 rings (SSSR count). The number of nitrogens with one attached hydrogen (secondary N) is 1. The summed E-state index contributed by atoms with van der Waals surface area (Å²) >= 11 is 10.1. The number of halogens is 1. The molecule has 19 heavy (non-hydrogen) atoms. The fourth-order valence-electron chi connectivity index (χ4n) is 3.46. The van der Waals surface area contributed by atoms with E-state index in [1.165, 1.54) is 54.7 Å². The topological polar surface area (TPSA) is 12.0 Å². The zero-order valence-electron chi connectivity index (χ0n) is 11.5. The van der Waals surface area contributed by atoms with Gasteiger partial charge in [0, 0.05) is 22.2 Å². The lowest BCUT2D eigenvalue weighted by Crippen LogP contribution is -2.32. The first-order valence-corrected chi connectivity index (χ1v) is 9.66. The Morgan fingerprint density at radius 2 is 2.32 bits per heavy atom. The first-order valence-electron chi connectivity index (χ1n) is 7.42. The van der Waals surface area contributed by atoms with Crippen LogP contribution in [0.3, 0.4) is 0 Å². The Kier molecular flexibility index (Phi) is 4.78. The lowest BCUT2D eigenvalue weighted by atomic mass is 9.93. The van der Waals surface area contributed by atoms with Crippen LogP contribution in [0.4, 0.5) is 0 Å². The van der Waals surface area contributed by atoms with Crippen LogP contribution in [0.5, 0.6) is 0 Å². The average molecular weight is 316 g/mol. The molecular formula is C15H22ClNS2. The number of aryl methyl sites for hydroxylation is 1. The van der Waals surface area contributed by atoms with Crippen molar-refractivity contribution in [2.45, 2.75) is 62.8 Å². The molecule has 4 heteroatoms. The van der Waals surface area contributed by atoms with Gasteiger partial charge in [-0.25, -0.2) is 0 Å². The average Bonchev–Trinajstić information content (AvgIpc) is 2.96. The molecule has 0 aromatic carbocycles.